The SMILES string of the molecule is O=C(O)c1ccc(NC(=O)c2c(F)cccc2F)s1. The average Bonchev–Trinajstić information content (AvgIpc) is 2.77. The minimum absolute atomic E-state index is 0.0179. The summed E-state index contributed by atoms with van der Waals surface area (Å²) in [5, 5.41) is 11.2. The molecular formula is C12H7F2NO3S. The van der Waals surface area contributed by atoms with Crippen LogP contribution in [0.25, 0.3) is 0 Å². The monoisotopic (exact) mass is 283 g/mol. The Morgan fingerprint density at radius 2 is 1.74 bits per heavy atom. The van der Waals surface area contributed by atoms with Crippen LogP contribution >= 0.6 is 11.3 Å². The summed E-state index contributed by atoms with van der Waals surface area (Å²) in [7, 11) is 0. The van der Waals surface area contributed by atoms with Crippen LogP contribution < -0.4 is 5.32 Å². The van der Waals surface area contributed by atoms with Crippen molar-refractivity contribution >= 4 is 28.2 Å². The number of amides is 1. The number of rotatable bonds is 3. The Hall–Kier alpha value is -2.28. The van der Waals surface area contributed by atoms with E-state index >= 15 is 0 Å². The van der Waals surface area contributed by atoms with E-state index in [9.17, 15) is 18.4 Å². The van der Waals surface area contributed by atoms with Crippen LogP contribution in [0.2, 0.25) is 0 Å². The Bertz CT molecular complexity index is 634. The van der Waals surface area contributed by atoms with Gasteiger partial charge in [-0.25, -0.2) is 13.6 Å². The molecule has 0 aliphatic heterocycles. The maximum atomic E-state index is 13.3. The number of nitrogens with one attached hydrogen (secondary N) is 1. The molecule has 0 atom stereocenters. The first-order chi connectivity index (χ1) is 8.99. The van der Waals surface area contributed by atoms with Gasteiger partial charge in [0.15, 0.2) is 0 Å². The van der Waals surface area contributed by atoms with E-state index in [0.29, 0.717) is 0 Å². The molecule has 0 aliphatic carbocycles. The number of carbonyl (C=O) groups excluding carboxylic acids is 1. The second-order valence-corrected chi connectivity index (χ2v) is 4.60. The molecule has 2 rings (SSSR count). The van der Waals surface area contributed by atoms with Crippen LogP contribution in [0.1, 0.15) is 20.0 Å². The average molecular weight is 283 g/mol. The van der Waals surface area contributed by atoms with Crippen molar-refractivity contribution in [3.8, 4) is 0 Å². The second kappa shape index (κ2) is 5.15. The normalized spacial score (nSPS) is 10.2. The molecular weight excluding hydrogens is 276 g/mol. The molecule has 2 N–H and O–H groups in total. The van der Waals surface area contributed by atoms with Crippen LogP contribution in [0, 0.1) is 11.6 Å². The lowest BCUT2D eigenvalue weighted by atomic mass is 10.2. The molecule has 0 fully saturated rings. The Balaban J connectivity index is 2.23. The minimum atomic E-state index is -1.14. The Morgan fingerprint density at radius 3 is 2.26 bits per heavy atom. The van der Waals surface area contributed by atoms with Gasteiger partial charge in [-0.3, -0.25) is 4.79 Å². The van der Waals surface area contributed by atoms with Gasteiger partial charge in [0.05, 0.1) is 5.00 Å². The number of benzene rings is 1. The maximum absolute atomic E-state index is 13.3. The smallest absolute Gasteiger partial charge is 0.345 e. The molecule has 1 amide bonds. The topological polar surface area (TPSA) is 66.4 Å². The molecule has 0 saturated carbocycles. The summed E-state index contributed by atoms with van der Waals surface area (Å²) in [6.07, 6.45) is 0. The van der Waals surface area contributed by atoms with Gasteiger partial charge in [0, 0.05) is 0 Å². The first-order valence-electron chi connectivity index (χ1n) is 5.07. The predicted molar refractivity (Wildman–Crippen MR) is 65.6 cm³/mol. The van der Waals surface area contributed by atoms with Gasteiger partial charge in [0.25, 0.3) is 5.91 Å². The molecule has 1 heterocycles. The van der Waals surface area contributed by atoms with Gasteiger partial charge in [-0.2, -0.15) is 0 Å². The zero-order chi connectivity index (χ0) is 14.0. The molecule has 1 aromatic carbocycles. The molecule has 0 spiro atoms. The first-order valence-corrected chi connectivity index (χ1v) is 5.89. The highest BCUT2D eigenvalue weighted by Crippen LogP contribution is 2.23. The number of hydrogen-bond acceptors (Lipinski definition) is 3. The molecule has 0 aliphatic rings. The van der Waals surface area contributed by atoms with E-state index in [0.717, 1.165) is 29.5 Å². The van der Waals surface area contributed by atoms with Crippen LogP contribution in [-0.4, -0.2) is 17.0 Å². The number of carbonyl (C=O) groups is 2. The predicted octanol–water partition coefficient (Wildman–Crippen LogP) is 2.98. The van der Waals surface area contributed by atoms with E-state index in [1.165, 1.54) is 12.1 Å². The van der Waals surface area contributed by atoms with Crippen molar-refractivity contribution in [3.05, 3.63) is 52.4 Å². The second-order valence-electron chi connectivity index (χ2n) is 3.52. The molecule has 0 unspecified atom stereocenters. The molecule has 1 aromatic heterocycles. The first kappa shape index (κ1) is 13.2. The van der Waals surface area contributed by atoms with Crippen LogP contribution in [0.4, 0.5) is 13.8 Å². The van der Waals surface area contributed by atoms with Gasteiger partial charge < -0.3 is 10.4 Å². The van der Waals surface area contributed by atoms with Crippen LogP contribution in [0.3, 0.4) is 0 Å². The van der Waals surface area contributed by atoms with Crippen molar-refractivity contribution in [3.63, 3.8) is 0 Å². The molecule has 2 aromatic rings. The van der Waals surface area contributed by atoms with E-state index in [-0.39, 0.29) is 9.88 Å². The zero-order valence-corrected chi connectivity index (χ0v) is 10.1. The fourth-order valence-corrected chi connectivity index (χ4v) is 2.15. The summed E-state index contributed by atoms with van der Waals surface area (Å²) < 4.78 is 26.7. The molecule has 0 radical (unpaired) electrons. The summed E-state index contributed by atoms with van der Waals surface area (Å²) in [4.78, 5) is 22.4. The number of anilines is 1. The Kier molecular flexibility index (Phi) is 3.57. The highest BCUT2D eigenvalue weighted by Gasteiger charge is 2.18. The number of carboxylic acid groups (broad SMARTS) is 1. The van der Waals surface area contributed by atoms with E-state index in [1.807, 2.05) is 0 Å². The lowest BCUT2D eigenvalue weighted by Gasteiger charge is -2.04. The van der Waals surface area contributed by atoms with Crippen molar-refractivity contribution in [1.82, 2.24) is 0 Å². The van der Waals surface area contributed by atoms with E-state index in [2.05, 4.69) is 5.32 Å². The number of thiophene rings is 1. The standard InChI is InChI=1S/C12H7F2NO3S/c13-6-2-1-3-7(14)10(6)11(16)15-9-5-4-8(19-9)12(17)18/h1-5H,(H,15,16)(H,17,18). The van der Waals surface area contributed by atoms with Crippen molar-refractivity contribution in [2.24, 2.45) is 0 Å². The summed E-state index contributed by atoms with van der Waals surface area (Å²) in [5.74, 6) is -4.06. The van der Waals surface area contributed by atoms with Gasteiger partial charge in [0.1, 0.15) is 22.1 Å². The summed E-state index contributed by atoms with van der Waals surface area (Å²) >= 11 is 0.799. The Morgan fingerprint density at radius 1 is 1.11 bits per heavy atom. The van der Waals surface area contributed by atoms with Crippen LogP contribution in [0.15, 0.2) is 30.3 Å². The van der Waals surface area contributed by atoms with E-state index < -0.39 is 29.1 Å². The van der Waals surface area contributed by atoms with Crippen LogP contribution in [0.5, 0.6) is 0 Å². The highest BCUT2D eigenvalue weighted by atomic mass is 32.1. The van der Waals surface area contributed by atoms with E-state index in [4.69, 9.17) is 5.11 Å². The molecule has 4 nitrogen and oxygen atoms in total. The molecule has 19 heavy (non-hydrogen) atoms. The largest absolute Gasteiger partial charge is 0.477 e. The summed E-state index contributed by atoms with van der Waals surface area (Å²) in [6.45, 7) is 0. The molecule has 0 bridgehead atoms. The fourth-order valence-electron chi connectivity index (χ4n) is 1.41. The van der Waals surface area contributed by atoms with Gasteiger partial charge in [-0.05, 0) is 24.3 Å². The third-order valence-corrected chi connectivity index (χ3v) is 3.23. The lowest BCUT2D eigenvalue weighted by Crippen LogP contribution is -2.15. The molecule has 98 valence electrons. The molecule has 0 saturated heterocycles. The van der Waals surface area contributed by atoms with E-state index in [1.54, 1.807) is 0 Å². The van der Waals surface area contributed by atoms with Gasteiger partial charge in [-0.1, -0.05) is 6.07 Å². The third-order valence-electron chi connectivity index (χ3n) is 2.24. The quantitative estimate of drug-likeness (QED) is 0.910. The number of carboxylic acids is 1. The van der Waals surface area contributed by atoms with Crippen molar-refractivity contribution in [1.29, 1.82) is 0 Å². The zero-order valence-electron chi connectivity index (χ0n) is 9.31. The lowest BCUT2D eigenvalue weighted by molar-refractivity contribution is 0.0702. The third kappa shape index (κ3) is 2.76. The highest BCUT2D eigenvalue weighted by molar-refractivity contribution is 7.18. The maximum Gasteiger partial charge on any atom is 0.345 e. The minimum Gasteiger partial charge on any atom is -0.477 e. The van der Waals surface area contributed by atoms with Gasteiger partial charge in [-0.15, -0.1) is 11.3 Å². The number of hydrogen-bond donors (Lipinski definition) is 2. The molecule has 7 heteroatoms. The van der Waals surface area contributed by atoms with Gasteiger partial charge >= 0.3 is 5.97 Å². The van der Waals surface area contributed by atoms with Gasteiger partial charge in [0.2, 0.25) is 0 Å². The van der Waals surface area contributed by atoms with Crippen LogP contribution in [-0.2, 0) is 0 Å². The summed E-state index contributed by atoms with van der Waals surface area (Å²) in [5.41, 5.74) is -0.701. The number of aromatic carboxylic acids is 1. The van der Waals surface area contributed by atoms with Crippen molar-refractivity contribution in [2.75, 3.05) is 5.32 Å². The Labute approximate surface area is 110 Å². The van der Waals surface area contributed by atoms with Crippen molar-refractivity contribution < 1.29 is 23.5 Å². The number of halogens is 2. The fraction of sp³-hybridized carbons (Fsp3) is 0. The van der Waals surface area contributed by atoms with Crippen molar-refractivity contribution in [2.45, 2.75) is 0 Å². The summed E-state index contributed by atoms with van der Waals surface area (Å²) in [6, 6.07) is 5.73.